The van der Waals surface area contributed by atoms with Crippen LogP contribution in [0.1, 0.15) is 36.0 Å². The fourth-order valence-electron chi connectivity index (χ4n) is 3.83. The number of ketones is 1. The van der Waals surface area contributed by atoms with Crippen LogP contribution in [0.4, 0.5) is 0 Å². The van der Waals surface area contributed by atoms with E-state index < -0.39 is 0 Å². The van der Waals surface area contributed by atoms with Crippen LogP contribution in [0, 0.1) is 5.92 Å². The predicted molar refractivity (Wildman–Crippen MR) is 93.4 cm³/mol. The maximum Gasteiger partial charge on any atom is 0.257 e. The fourth-order valence-corrected chi connectivity index (χ4v) is 3.83. The lowest BCUT2D eigenvalue weighted by atomic mass is 9.88. The second-order valence-corrected chi connectivity index (χ2v) is 6.95. The predicted octanol–water partition coefficient (Wildman–Crippen LogP) is 2.27. The molecule has 0 radical (unpaired) electrons. The summed E-state index contributed by atoms with van der Waals surface area (Å²) in [6.45, 7) is 3.28. The molecule has 1 aliphatic carbocycles. The van der Waals surface area contributed by atoms with Gasteiger partial charge >= 0.3 is 0 Å². The standard InChI is InChI=1S/C19H23N3O3/c23-15-5-3-14(4-6-15)12-22-13-16(18-17(22)2-1-7-20-18)19(24)21-8-10-25-11-9-21/h1-2,7,13-14H,3-6,8-12H2. The van der Waals surface area contributed by atoms with Crippen molar-refractivity contribution < 1.29 is 14.3 Å². The minimum absolute atomic E-state index is 0.0320. The third-order valence-corrected chi connectivity index (χ3v) is 5.28. The summed E-state index contributed by atoms with van der Waals surface area (Å²) in [4.78, 5) is 30.7. The maximum absolute atomic E-state index is 12.9. The van der Waals surface area contributed by atoms with Crippen LogP contribution in [-0.4, -0.2) is 52.4 Å². The van der Waals surface area contributed by atoms with Crippen LogP contribution in [0.5, 0.6) is 0 Å². The summed E-state index contributed by atoms with van der Waals surface area (Å²) in [5, 5.41) is 0. The van der Waals surface area contributed by atoms with E-state index in [9.17, 15) is 9.59 Å². The lowest BCUT2D eigenvalue weighted by molar-refractivity contribution is -0.121. The summed E-state index contributed by atoms with van der Waals surface area (Å²) in [6.07, 6.45) is 6.92. The van der Waals surface area contributed by atoms with Gasteiger partial charge in [-0.05, 0) is 30.9 Å². The molecule has 1 amide bonds. The average Bonchev–Trinajstić information content (AvgIpc) is 3.02. The van der Waals surface area contributed by atoms with Gasteiger partial charge in [-0.25, -0.2) is 0 Å². The van der Waals surface area contributed by atoms with Crippen molar-refractivity contribution in [3.63, 3.8) is 0 Å². The lowest BCUT2D eigenvalue weighted by Crippen LogP contribution is -2.40. The molecule has 4 rings (SSSR count). The number of morpholine rings is 1. The van der Waals surface area contributed by atoms with E-state index in [1.54, 1.807) is 6.20 Å². The highest BCUT2D eigenvalue weighted by Crippen LogP contribution is 2.27. The van der Waals surface area contributed by atoms with Crippen molar-refractivity contribution >= 4 is 22.7 Å². The number of fused-ring (bicyclic) bond motifs is 1. The molecule has 0 atom stereocenters. The number of rotatable bonds is 3. The molecule has 0 unspecified atom stereocenters. The Hall–Kier alpha value is -2.21. The topological polar surface area (TPSA) is 64.4 Å². The molecule has 2 fully saturated rings. The van der Waals surface area contributed by atoms with Crippen LogP contribution < -0.4 is 0 Å². The van der Waals surface area contributed by atoms with Crippen LogP contribution in [0.15, 0.2) is 24.5 Å². The van der Waals surface area contributed by atoms with E-state index in [0.29, 0.717) is 56.4 Å². The third-order valence-electron chi connectivity index (χ3n) is 5.28. The van der Waals surface area contributed by atoms with Crippen LogP contribution in [0.2, 0.25) is 0 Å². The molecule has 2 aromatic heterocycles. The van der Waals surface area contributed by atoms with Crippen molar-refractivity contribution in [3.8, 4) is 0 Å². The van der Waals surface area contributed by atoms with E-state index in [-0.39, 0.29) is 5.91 Å². The quantitative estimate of drug-likeness (QED) is 0.859. The Balaban J connectivity index is 1.62. The van der Waals surface area contributed by atoms with Crippen LogP contribution in [0.25, 0.3) is 11.0 Å². The molecule has 2 aliphatic rings. The molecule has 2 aromatic rings. The Kier molecular flexibility index (Phi) is 4.53. The van der Waals surface area contributed by atoms with Crippen molar-refractivity contribution in [3.05, 3.63) is 30.1 Å². The zero-order valence-electron chi connectivity index (χ0n) is 14.3. The van der Waals surface area contributed by atoms with Gasteiger partial charge < -0.3 is 14.2 Å². The summed E-state index contributed by atoms with van der Waals surface area (Å²) < 4.78 is 7.49. The molecule has 6 heteroatoms. The van der Waals surface area contributed by atoms with Gasteiger partial charge in [0.1, 0.15) is 11.3 Å². The molecule has 132 valence electrons. The molecule has 1 saturated carbocycles. The summed E-state index contributed by atoms with van der Waals surface area (Å²) in [5.74, 6) is 0.892. The molecule has 1 saturated heterocycles. The first kappa shape index (κ1) is 16.3. The molecular formula is C19H23N3O3. The van der Waals surface area contributed by atoms with Gasteiger partial charge in [0.2, 0.25) is 0 Å². The number of carbonyl (C=O) groups is 2. The second-order valence-electron chi connectivity index (χ2n) is 6.95. The van der Waals surface area contributed by atoms with Crippen molar-refractivity contribution in [2.45, 2.75) is 32.2 Å². The van der Waals surface area contributed by atoms with Gasteiger partial charge in [0.05, 0.1) is 24.3 Å². The van der Waals surface area contributed by atoms with Gasteiger partial charge in [-0.3, -0.25) is 14.6 Å². The van der Waals surface area contributed by atoms with Gasteiger partial charge in [0.15, 0.2) is 0 Å². The number of aromatic nitrogens is 2. The summed E-state index contributed by atoms with van der Waals surface area (Å²) in [6, 6.07) is 3.93. The zero-order chi connectivity index (χ0) is 17.2. The van der Waals surface area contributed by atoms with E-state index in [0.717, 1.165) is 30.4 Å². The van der Waals surface area contributed by atoms with Crippen molar-refractivity contribution in [1.82, 2.24) is 14.5 Å². The van der Waals surface area contributed by atoms with Gasteiger partial charge in [0.25, 0.3) is 5.91 Å². The number of hydrogen-bond acceptors (Lipinski definition) is 4. The van der Waals surface area contributed by atoms with Gasteiger partial charge in [-0.15, -0.1) is 0 Å². The SMILES string of the molecule is O=C1CCC(Cn2cc(C(=O)N3CCOCC3)c3ncccc32)CC1. The van der Waals surface area contributed by atoms with E-state index >= 15 is 0 Å². The summed E-state index contributed by atoms with van der Waals surface area (Å²) in [7, 11) is 0. The van der Waals surface area contributed by atoms with Crippen molar-refractivity contribution in [1.29, 1.82) is 0 Å². The molecule has 0 bridgehead atoms. The van der Waals surface area contributed by atoms with Crippen molar-refractivity contribution in [2.24, 2.45) is 5.92 Å². The Morgan fingerprint density at radius 3 is 2.76 bits per heavy atom. The van der Waals surface area contributed by atoms with Crippen LogP contribution in [0.3, 0.4) is 0 Å². The number of hydrogen-bond donors (Lipinski definition) is 0. The lowest BCUT2D eigenvalue weighted by Gasteiger charge is -2.26. The zero-order valence-corrected chi connectivity index (χ0v) is 14.3. The molecule has 25 heavy (non-hydrogen) atoms. The molecule has 0 N–H and O–H groups in total. The normalized spacial score (nSPS) is 19.5. The number of carbonyl (C=O) groups excluding carboxylic acids is 2. The number of pyridine rings is 1. The highest BCUT2D eigenvalue weighted by atomic mass is 16.5. The van der Waals surface area contributed by atoms with E-state index in [4.69, 9.17) is 4.74 Å². The summed E-state index contributed by atoms with van der Waals surface area (Å²) >= 11 is 0. The maximum atomic E-state index is 12.9. The van der Waals surface area contributed by atoms with Gasteiger partial charge in [-0.1, -0.05) is 0 Å². The van der Waals surface area contributed by atoms with Gasteiger partial charge in [0, 0.05) is 44.9 Å². The molecule has 3 heterocycles. The minimum Gasteiger partial charge on any atom is -0.378 e. The smallest absolute Gasteiger partial charge is 0.257 e. The molecule has 1 aliphatic heterocycles. The van der Waals surface area contributed by atoms with E-state index in [1.165, 1.54) is 0 Å². The number of ether oxygens (including phenoxy) is 1. The Labute approximate surface area is 146 Å². The summed E-state index contributed by atoms with van der Waals surface area (Å²) in [5.41, 5.74) is 2.44. The Morgan fingerprint density at radius 2 is 2.00 bits per heavy atom. The molecular weight excluding hydrogens is 318 g/mol. The monoisotopic (exact) mass is 341 g/mol. The van der Waals surface area contributed by atoms with Crippen LogP contribution in [-0.2, 0) is 16.1 Å². The Bertz CT molecular complexity index is 782. The highest BCUT2D eigenvalue weighted by molar-refractivity contribution is 6.05. The average molecular weight is 341 g/mol. The number of amides is 1. The fraction of sp³-hybridized carbons (Fsp3) is 0.526. The minimum atomic E-state index is 0.0320. The molecule has 0 aromatic carbocycles. The van der Waals surface area contributed by atoms with Crippen LogP contribution >= 0.6 is 0 Å². The third kappa shape index (κ3) is 3.31. The largest absolute Gasteiger partial charge is 0.378 e. The number of Topliss-reactive ketones (excluding diaryl/α,β-unsaturated/α-hetero) is 1. The first-order chi connectivity index (χ1) is 12.2. The van der Waals surface area contributed by atoms with E-state index in [1.807, 2.05) is 23.2 Å². The van der Waals surface area contributed by atoms with Gasteiger partial charge in [-0.2, -0.15) is 0 Å². The first-order valence-electron chi connectivity index (χ1n) is 9.05. The first-order valence-corrected chi connectivity index (χ1v) is 9.05. The highest BCUT2D eigenvalue weighted by Gasteiger charge is 2.25. The van der Waals surface area contributed by atoms with E-state index in [2.05, 4.69) is 9.55 Å². The molecule has 0 spiro atoms. The second kappa shape index (κ2) is 6.96. The molecule has 6 nitrogen and oxygen atoms in total. The Morgan fingerprint density at radius 1 is 1.24 bits per heavy atom. The number of nitrogens with zero attached hydrogens (tertiary/aromatic N) is 3. The van der Waals surface area contributed by atoms with Crippen molar-refractivity contribution in [2.75, 3.05) is 26.3 Å².